The predicted molar refractivity (Wildman–Crippen MR) is 87.5 cm³/mol. The lowest BCUT2D eigenvalue weighted by atomic mass is 10.0. The van der Waals surface area contributed by atoms with Crippen LogP contribution in [0, 0.1) is 20.8 Å². The summed E-state index contributed by atoms with van der Waals surface area (Å²) in [6, 6.07) is 6.08. The number of benzene rings is 1. The number of nitrogens with one attached hydrogen (secondary N) is 2. The second kappa shape index (κ2) is 6.64. The zero-order valence-corrected chi connectivity index (χ0v) is 13.8. The van der Waals surface area contributed by atoms with Gasteiger partial charge in [0.2, 0.25) is 0 Å². The highest BCUT2D eigenvalue weighted by molar-refractivity contribution is 5.93. The van der Waals surface area contributed by atoms with Crippen molar-refractivity contribution in [1.29, 1.82) is 0 Å². The van der Waals surface area contributed by atoms with Crippen molar-refractivity contribution in [1.82, 2.24) is 10.2 Å². The molecule has 118 valence electrons. The molecule has 0 atom stereocenters. The Morgan fingerprint density at radius 3 is 2.64 bits per heavy atom. The molecule has 5 heteroatoms. The zero-order valence-electron chi connectivity index (χ0n) is 13.8. The Morgan fingerprint density at radius 1 is 1.32 bits per heavy atom. The summed E-state index contributed by atoms with van der Waals surface area (Å²) in [5.74, 6) is 0.923. The average Bonchev–Trinajstić information content (AvgIpc) is 2.76. The summed E-state index contributed by atoms with van der Waals surface area (Å²) < 4.78 is 5.73. The number of amides is 1. The van der Waals surface area contributed by atoms with E-state index >= 15 is 0 Å². The quantitative estimate of drug-likeness (QED) is 0.888. The summed E-state index contributed by atoms with van der Waals surface area (Å²) >= 11 is 0. The fourth-order valence-corrected chi connectivity index (χ4v) is 2.30. The minimum Gasteiger partial charge on any atom is -0.483 e. The van der Waals surface area contributed by atoms with Crippen LogP contribution >= 0.6 is 0 Å². The standard InChI is InChI=1S/C17H23N3O2/c1-10(2)14-7-6-11(3)8-15(14)22-9-16(21)18-17-12(4)19-20-13(17)5/h6-8,10H,9H2,1-5H3,(H,18,21)(H,19,20). The van der Waals surface area contributed by atoms with Crippen LogP contribution in [0.1, 0.15) is 42.3 Å². The Kier molecular flexibility index (Phi) is 4.85. The van der Waals surface area contributed by atoms with E-state index in [2.05, 4.69) is 41.5 Å². The largest absolute Gasteiger partial charge is 0.483 e. The molecule has 0 spiro atoms. The first-order valence-electron chi connectivity index (χ1n) is 7.43. The number of nitrogens with zero attached hydrogens (tertiary/aromatic N) is 1. The van der Waals surface area contributed by atoms with E-state index in [0.717, 1.165) is 34.0 Å². The summed E-state index contributed by atoms with van der Waals surface area (Å²) in [5, 5.41) is 9.73. The van der Waals surface area contributed by atoms with Gasteiger partial charge in [-0.05, 0) is 43.9 Å². The molecule has 5 nitrogen and oxygen atoms in total. The first kappa shape index (κ1) is 16.1. The number of aryl methyl sites for hydroxylation is 3. The molecular weight excluding hydrogens is 278 g/mol. The maximum Gasteiger partial charge on any atom is 0.262 e. The van der Waals surface area contributed by atoms with Crippen molar-refractivity contribution in [2.75, 3.05) is 11.9 Å². The molecule has 0 aliphatic rings. The van der Waals surface area contributed by atoms with Crippen molar-refractivity contribution in [3.05, 3.63) is 40.7 Å². The Hall–Kier alpha value is -2.30. The Balaban J connectivity index is 2.04. The smallest absolute Gasteiger partial charge is 0.262 e. The highest BCUT2D eigenvalue weighted by Gasteiger charge is 2.13. The molecule has 0 saturated carbocycles. The average molecular weight is 301 g/mol. The van der Waals surface area contributed by atoms with E-state index in [-0.39, 0.29) is 12.5 Å². The van der Waals surface area contributed by atoms with E-state index in [1.807, 2.05) is 26.8 Å². The fourth-order valence-electron chi connectivity index (χ4n) is 2.30. The molecule has 1 aromatic heterocycles. The van der Waals surface area contributed by atoms with Crippen LogP contribution in [0.25, 0.3) is 0 Å². The van der Waals surface area contributed by atoms with Gasteiger partial charge in [-0.15, -0.1) is 0 Å². The second-order valence-corrected chi connectivity index (χ2v) is 5.84. The number of aromatic nitrogens is 2. The van der Waals surface area contributed by atoms with E-state index in [1.54, 1.807) is 0 Å². The molecule has 2 aromatic rings. The highest BCUT2D eigenvalue weighted by atomic mass is 16.5. The van der Waals surface area contributed by atoms with E-state index < -0.39 is 0 Å². The van der Waals surface area contributed by atoms with Gasteiger partial charge in [-0.2, -0.15) is 5.10 Å². The number of ether oxygens (including phenoxy) is 1. The van der Waals surface area contributed by atoms with Crippen LogP contribution in [0.5, 0.6) is 5.75 Å². The second-order valence-electron chi connectivity index (χ2n) is 5.84. The Morgan fingerprint density at radius 2 is 2.05 bits per heavy atom. The lowest BCUT2D eigenvalue weighted by Gasteiger charge is -2.14. The number of carbonyl (C=O) groups excluding carboxylic acids is 1. The van der Waals surface area contributed by atoms with Crippen LogP contribution in [-0.2, 0) is 4.79 Å². The highest BCUT2D eigenvalue weighted by Crippen LogP contribution is 2.27. The number of H-pyrrole nitrogens is 1. The zero-order chi connectivity index (χ0) is 16.3. The van der Waals surface area contributed by atoms with Crippen LogP contribution in [-0.4, -0.2) is 22.7 Å². The van der Waals surface area contributed by atoms with Crippen LogP contribution in [0.2, 0.25) is 0 Å². The predicted octanol–water partition coefficient (Wildman–Crippen LogP) is 3.48. The van der Waals surface area contributed by atoms with Crippen molar-refractivity contribution in [2.24, 2.45) is 0 Å². The van der Waals surface area contributed by atoms with Crippen molar-refractivity contribution in [3.8, 4) is 5.75 Å². The lowest BCUT2D eigenvalue weighted by molar-refractivity contribution is -0.118. The lowest BCUT2D eigenvalue weighted by Crippen LogP contribution is -2.21. The van der Waals surface area contributed by atoms with Gasteiger partial charge in [-0.3, -0.25) is 9.89 Å². The Labute approximate surface area is 131 Å². The SMILES string of the molecule is Cc1ccc(C(C)C)c(OCC(=O)Nc2c(C)n[nH]c2C)c1. The molecule has 22 heavy (non-hydrogen) atoms. The molecule has 0 radical (unpaired) electrons. The minimum absolute atomic E-state index is 0.0206. The van der Waals surface area contributed by atoms with Crippen molar-refractivity contribution in [2.45, 2.75) is 40.5 Å². The molecule has 2 rings (SSSR count). The monoisotopic (exact) mass is 301 g/mol. The van der Waals surface area contributed by atoms with Gasteiger partial charge in [-0.25, -0.2) is 0 Å². The Bertz CT molecular complexity index is 655. The molecule has 0 aliphatic heterocycles. The molecule has 0 bridgehead atoms. The topological polar surface area (TPSA) is 67.0 Å². The van der Waals surface area contributed by atoms with Crippen molar-refractivity contribution < 1.29 is 9.53 Å². The molecule has 0 unspecified atom stereocenters. The third-order valence-electron chi connectivity index (χ3n) is 3.54. The van der Waals surface area contributed by atoms with Gasteiger partial charge in [0.25, 0.3) is 5.91 Å². The van der Waals surface area contributed by atoms with Crippen LogP contribution < -0.4 is 10.1 Å². The summed E-state index contributed by atoms with van der Waals surface area (Å²) in [4.78, 5) is 12.1. The van der Waals surface area contributed by atoms with Crippen LogP contribution in [0.4, 0.5) is 5.69 Å². The molecule has 1 amide bonds. The van der Waals surface area contributed by atoms with Gasteiger partial charge < -0.3 is 10.1 Å². The summed E-state index contributed by atoms with van der Waals surface area (Å²) in [6.07, 6.45) is 0. The first-order valence-corrected chi connectivity index (χ1v) is 7.43. The van der Waals surface area contributed by atoms with Gasteiger partial charge in [0.1, 0.15) is 5.75 Å². The van der Waals surface area contributed by atoms with Gasteiger partial charge in [0.15, 0.2) is 6.61 Å². The van der Waals surface area contributed by atoms with Crippen molar-refractivity contribution >= 4 is 11.6 Å². The molecular formula is C17H23N3O2. The molecule has 1 heterocycles. The van der Waals surface area contributed by atoms with E-state index in [4.69, 9.17) is 4.74 Å². The maximum absolute atomic E-state index is 12.1. The summed E-state index contributed by atoms with van der Waals surface area (Å²) in [5.41, 5.74) is 4.55. The molecule has 1 aromatic carbocycles. The third kappa shape index (κ3) is 3.67. The maximum atomic E-state index is 12.1. The summed E-state index contributed by atoms with van der Waals surface area (Å²) in [6.45, 7) is 9.92. The van der Waals surface area contributed by atoms with Gasteiger partial charge in [0.05, 0.1) is 17.1 Å². The van der Waals surface area contributed by atoms with Gasteiger partial charge in [-0.1, -0.05) is 26.0 Å². The van der Waals surface area contributed by atoms with Gasteiger partial charge in [0, 0.05) is 0 Å². The number of hydrogen-bond donors (Lipinski definition) is 2. The number of anilines is 1. The van der Waals surface area contributed by atoms with Crippen molar-refractivity contribution in [3.63, 3.8) is 0 Å². The molecule has 0 saturated heterocycles. The fraction of sp³-hybridized carbons (Fsp3) is 0.412. The molecule has 2 N–H and O–H groups in total. The summed E-state index contributed by atoms with van der Waals surface area (Å²) in [7, 11) is 0. The normalized spacial score (nSPS) is 10.8. The van der Waals surface area contributed by atoms with Gasteiger partial charge >= 0.3 is 0 Å². The molecule has 0 fully saturated rings. The number of hydrogen-bond acceptors (Lipinski definition) is 3. The number of rotatable bonds is 5. The minimum atomic E-state index is -0.191. The first-order chi connectivity index (χ1) is 10.4. The van der Waals surface area contributed by atoms with E-state index in [9.17, 15) is 4.79 Å². The van der Waals surface area contributed by atoms with E-state index in [1.165, 1.54) is 0 Å². The molecule has 0 aliphatic carbocycles. The third-order valence-corrected chi connectivity index (χ3v) is 3.54. The van der Waals surface area contributed by atoms with Crippen LogP contribution in [0.3, 0.4) is 0 Å². The number of aromatic amines is 1. The number of carbonyl (C=O) groups is 1. The van der Waals surface area contributed by atoms with E-state index in [0.29, 0.717) is 5.92 Å². The van der Waals surface area contributed by atoms with Crippen LogP contribution in [0.15, 0.2) is 18.2 Å².